The molecule has 1 heterocycles. The summed E-state index contributed by atoms with van der Waals surface area (Å²) >= 11 is 0. The Labute approximate surface area is 121 Å². The number of nitrogens with two attached hydrogens (primary N) is 1. The van der Waals surface area contributed by atoms with Crippen molar-refractivity contribution in [3.63, 3.8) is 0 Å². The molecule has 1 saturated carbocycles. The molecule has 0 spiro atoms. The van der Waals surface area contributed by atoms with Gasteiger partial charge in [-0.1, -0.05) is 6.07 Å². The van der Waals surface area contributed by atoms with Crippen LogP contribution in [0.1, 0.15) is 49.8 Å². The number of hydrazine groups is 1. The van der Waals surface area contributed by atoms with Crippen LogP contribution in [0.4, 0.5) is 0 Å². The molecule has 0 aliphatic heterocycles. The first kappa shape index (κ1) is 14.0. The molecule has 2 aliphatic rings. The summed E-state index contributed by atoms with van der Waals surface area (Å²) in [4.78, 5) is 4.64. The highest BCUT2D eigenvalue weighted by Crippen LogP contribution is 2.41. The maximum Gasteiger partial charge on any atom is 0.0775 e. The van der Waals surface area contributed by atoms with Crippen molar-refractivity contribution in [1.82, 2.24) is 10.4 Å². The quantitative estimate of drug-likeness (QED) is 0.617. The van der Waals surface area contributed by atoms with Gasteiger partial charge >= 0.3 is 0 Å². The van der Waals surface area contributed by atoms with Crippen LogP contribution in [0.3, 0.4) is 0 Å². The second kappa shape index (κ2) is 6.20. The van der Waals surface area contributed by atoms with Crippen LogP contribution in [-0.4, -0.2) is 23.7 Å². The van der Waals surface area contributed by atoms with Crippen molar-refractivity contribution < 1.29 is 4.74 Å². The number of aromatic nitrogens is 1. The highest BCUT2D eigenvalue weighted by Gasteiger charge is 2.42. The Balaban J connectivity index is 1.85. The minimum Gasteiger partial charge on any atom is -0.377 e. The largest absolute Gasteiger partial charge is 0.377 e. The van der Waals surface area contributed by atoms with Gasteiger partial charge in [-0.2, -0.15) is 0 Å². The number of rotatable bonds is 6. The first-order valence-electron chi connectivity index (χ1n) is 7.86. The van der Waals surface area contributed by atoms with Gasteiger partial charge in [0.05, 0.1) is 12.1 Å². The molecule has 0 saturated heterocycles. The molecule has 2 aliphatic carbocycles. The van der Waals surface area contributed by atoms with Crippen molar-refractivity contribution in [2.45, 2.75) is 57.1 Å². The van der Waals surface area contributed by atoms with Gasteiger partial charge < -0.3 is 4.74 Å². The van der Waals surface area contributed by atoms with Crippen molar-refractivity contribution >= 4 is 0 Å². The highest BCUT2D eigenvalue weighted by molar-refractivity contribution is 5.28. The lowest BCUT2D eigenvalue weighted by atomic mass is 9.79. The normalized spacial score (nSPS) is 25.0. The van der Waals surface area contributed by atoms with Crippen LogP contribution < -0.4 is 11.3 Å². The van der Waals surface area contributed by atoms with E-state index < -0.39 is 0 Å². The van der Waals surface area contributed by atoms with Crippen LogP contribution in [0, 0.1) is 5.92 Å². The second-order valence-corrected chi connectivity index (χ2v) is 6.00. The average molecular weight is 275 g/mol. The van der Waals surface area contributed by atoms with E-state index in [1.54, 1.807) is 0 Å². The van der Waals surface area contributed by atoms with Crippen molar-refractivity contribution in [3.05, 3.63) is 29.6 Å². The van der Waals surface area contributed by atoms with Crippen molar-refractivity contribution in [3.8, 4) is 0 Å². The monoisotopic (exact) mass is 275 g/mol. The van der Waals surface area contributed by atoms with E-state index in [9.17, 15) is 0 Å². The number of fused-ring (bicyclic) bond motifs is 1. The Hall–Kier alpha value is -0.970. The Morgan fingerprint density at radius 1 is 1.45 bits per heavy atom. The molecule has 3 unspecified atom stereocenters. The van der Waals surface area contributed by atoms with Crippen LogP contribution in [0.2, 0.25) is 0 Å². The zero-order valence-electron chi connectivity index (χ0n) is 12.2. The second-order valence-electron chi connectivity index (χ2n) is 6.00. The number of nitrogens with zero attached hydrogens (tertiary/aromatic N) is 1. The predicted molar refractivity (Wildman–Crippen MR) is 79.2 cm³/mol. The fourth-order valence-corrected chi connectivity index (χ4v) is 3.59. The molecule has 4 nitrogen and oxygen atoms in total. The minimum atomic E-state index is 0.177. The first-order chi connectivity index (χ1) is 9.85. The Morgan fingerprint density at radius 2 is 2.30 bits per heavy atom. The maximum atomic E-state index is 6.02. The van der Waals surface area contributed by atoms with E-state index in [4.69, 9.17) is 10.6 Å². The molecule has 1 fully saturated rings. The van der Waals surface area contributed by atoms with Gasteiger partial charge in [0.1, 0.15) is 0 Å². The Bertz CT molecular complexity index is 447. The lowest BCUT2D eigenvalue weighted by molar-refractivity contribution is 0.00980. The van der Waals surface area contributed by atoms with Gasteiger partial charge in [-0.3, -0.25) is 16.3 Å². The van der Waals surface area contributed by atoms with Gasteiger partial charge in [0, 0.05) is 24.4 Å². The van der Waals surface area contributed by atoms with E-state index in [0.29, 0.717) is 11.8 Å². The number of nitrogens with one attached hydrogen (secondary N) is 1. The Morgan fingerprint density at radius 3 is 3.00 bits per heavy atom. The summed E-state index contributed by atoms with van der Waals surface area (Å²) in [6.45, 7) is 2.82. The third-order valence-corrected chi connectivity index (χ3v) is 4.66. The van der Waals surface area contributed by atoms with E-state index in [-0.39, 0.29) is 12.1 Å². The van der Waals surface area contributed by atoms with E-state index in [2.05, 4.69) is 23.4 Å². The summed E-state index contributed by atoms with van der Waals surface area (Å²) in [7, 11) is 0. The fraction of sp³-hybridized carbons (Fsp3) is 0.688. The number of pyridine rings is 1. The smallest absolute Gasteiger partial charge is 0.0775 e. The lowest BCUT2D eigenvalue weighted by Crippen LogP contribution is -2.50. The molecule has 20 heavy (non-hydrogen) atoms. The molecule has 0 aromatic carbocycles. The van der Waals surface area contributed by atoms with Crippen LogP contribution in [0.5, 0.6) is 0 Å². The zero-order valence-corrected chi connectivity index (χ0v) is 12.2. The van der Waals surface area contributed by atoms with E-state index in [1.165, 1.54) is 30.5 Å². The standard InChI is InChI=1S/C16H25N3O/c1-2-20-16(12-8-9-12)15(19-17)13-7-3-5-11-6-4-10-18-14(11)13/h4,6,10,12-13,15-16,19H,2-3,5,7-9,17H2,1H3. The molecule has 4 heteroatoms. The molecule has 3 rings (SSSR count). The van der Waals surface area contributed by atoms with Gasteiger partial charge in [0.2, 0.25) is 0 Å². The number of hydrogen-bond donors (Lipinski definition) is 2. The van der Waals surface area contributed by atoms with Crippen LogP contribution in [0.25, 0.3) is 0 Å². The molecule has 1 aromatic rings. The summed E-state index contributed by atoms with van der Waals surface area (Å²) in [5.74, 6) is 6.95. The molecular formula is C16H25N3O. The van der Waals surface area contributed by atoms with E-state index >= 15 is 0 Å². The van der Waals surface area contributed by atoms with Gasteiger partial charge in [-0.05, 0) is 56.6 Å². The average Bonchev–Trinajstić information content (AvgIpc) is 3.32. The van der Waals surface area contributed by atoms with Crippen LogP contribution in [-0.2, 0) is 11.2 Å². The number of aryl methyl sites for hydroxylation is 1. The summed E-state index contributed by atoms with van der Waals surface area (Å²) in [5.41, 5.74) is 5.67. The molecule has 1 aromatic heterocycles. The summed E-state index contributed by atoms with van der Waals surface area (Å²) in [6, 6.07) is 4.42. The van der Waals surface area contributed by atoms with Gasteiger partial charge in [0.25, 0.3) is 0 Å². The van der Waals surface area contributed by atoms with Crippen molar-refractivity contribution in [2.24, 2.45) is 11.8 Å². The molecular weight excluding hydrogens is 250 g/mol. The molecule has 110 valence electrons. The molecule has 0 radical (unpaired) electrons. The summed E-state index contributed by atoms with van der Waals surface area (Å²) < 4.78 is 6.02. The van der Waals surface area contributed by atoms with Crippen LogP contribution in [0.15, 0.2) is 18.3 Å². The SMILES string of the molecule is CCOC(C1CC1)C(NN)C1CCCc2cccnc21. The fourth-order valence-electron chi connectivity index (χ4n) is 3.59. The maximum absolute atomic E-state index is 6.02. The van der Waals surface area contributed by atoms with E-state index in [0.717, 1.165) is 19.4 Å². The molecule has 0 amide bonds. The zero-order chi connectivity index (χ0) is 13.9. The first-order valence-corrected chi connectivity index (χ1v) is 7.86. The lowest BCUT2D eigenvalue weighted by Gasteiger charge is -2.36. The van der Waals surface area contributed by atoms with Crippen LogP contribution >= 0.6 is 0 Å². The third kappa shape index (κ3) is 2.73. The minimum absolute atomic E-state index is 0.177. The van der Waals surface area contributed by atoms with Gasteiger partial charge in [-0.25, -0.2) is 0 Å². The number of ether oxygens (including phenoxy) is 1. The van der Waals surface area contributed by atoms with Crippen molar-refractivity contribution in [2.75, 3.05) is 6.61 Å². The van der Waals surface area contributed by atoms with Gasteiger partial charge in [-0.15, -0.1) is 0 Å². The number of hydrogen-bond acceptors (Lipinski definition) is 4. The molecule has 0 bridgehead atoms. The highest BCUT2D eigenvalue weighted by atomic mass is 16.5. The topological polar surface area (TPSA) is 60.2 Å². The Kier molecular flexibility index (Phi) is 4.34. The van der Waals surface area contributed by atoms with E-state index in [1.807, 2.05) is 12.3 Å². The third-order valence-electron chi connectivity index (χ3n) is 4.66. The van der Waals surface area contributed by atoms with Crippen molar-refractivity contribution in [1.29, 1.82) is 0 Å². The summed E-state index contributed by atoms with van der Waals surface area (Å²) in [6.07, 6.45) is 8.16. The summed E-state index contributed by atoms with van der Waals surface area (Å²) in [5, 5.41) is 0. The predicted octanol–water partition coefficient (Wildman–Crippen LogP) is 2.15. The molecule has 3 N–H and O–H groups in total. The molecule has 3 atom stereocenters. The van der Waals surface area contributed by atoms with Gasteiger partial charge in [0.15, 0.2) is 0 Å².